The van der Waals surface area contributed by atoms with Gasteiger partial charge in [-0.15, -0.1) is 0 Å². The molecule has 2 heterocycles. The van der Waals surface area contributed by atoms with Crippen molar-refractivity contribution in [2.45, 2.75) is 65.7 Å². The number of esters is 1. The first kappa shape index (κ1) is 22.1. The molecule has 2 amide bonds. The Morgan fingerprint density at radius 3 is 2.18 bits per heavy atom. The molecule has 9 nitrogen and oxygen atoms in total. The summed E-state index contributed by atoms with van der Waals surface area (Å²) >= 11 is 5.08. The van der Waals surface area contributed by atoms with Gasteiger partial charge in [0.15, 0.2) is 5.70 Å². The average Bonchev–Trinajstić information content (AvgIpc) is 2.91. The van der Waals surface area contributed by atoms with Crippen LogP contribution in [-0.4, -0.2) is 63.3 Å². The van der Waals surface area contributed by atoms with Crippen molar-refractivity contribution in [1.29, 1.82) is 0 Å². The van der Waals surface area contributed by atoms with Crippen molar-refractivity contribution < 1.29 is 23.9 Å². The van der Waals surface area contributed by atoms with Crippen LogP contribution in [0.15, 0.2) is 11.4 Å². The molecule has 0 spiro atoms. The number of carbonyl (C=O) groups excluding carboxylic acids is 3. The predicted molar refractivity (Wildman–Crippen MR) is 106 cm³/mol. The first-order valence-corrected chi connectivity index (χ1v) is 9.41. The predicted octanol–water partition coefficient (Wildman–Crippen LogP) is 1.44. The molecule has 0 radical (unpaired) electrons. The van der Waals surface area contributed by atoms with E-state index in [0.717, 1.165) is 0 Å². The number of rotatable bonds is 3. The van der Waals surface area contributed by atoms with Gasteiger partial charge in [-0.25, -0.2) is 19.6 Å². The minimum absolute atomic E-state index is 0.0811. The zero-order chi connectivity index (χ0) is 21.4. The van der Waals surface area contributed by atoms with Gasteiger partial charge in [-0.05, 0) is 48.5 Å². The van der Waals surface area contributed by atoms with Gasteiger partial charge < -0.3 is 20.1 Å². The first-order valence-electron chi connectivity index (χ1n) is 9.00. The second-order valence-electron chi connectivity index (χ2n) is 8.71. The lowest BCUT2D eigenvalue weighted by Gasteiger charge is -2.24. The van der Waals surface area contributed by atoms with Gasteiger partial charge in [-0.2, -0.15) is 0 Å². The third kappa shape index (κ3) is 5.41. The lowest BCUT2D eigenvalue weighted by molar-refractivity contribution is -0.156. The number of carbonyl (C=O) groups is 3. The van der Waals surface area contributed by atoms with Crippen molar-refractivity contribution in [3.05, 3.63) is 11.4 Å². The maximum atomic E-state index is 12.9. The molecule has 0 aromatic carbocycles. The number of hydrazine groups is 1. The Morgan fingerprint density at radius 1 is 1.11 bits per heavy atom. The van der Waals surface area contributed by atoms with Crippen molar-refractivity contribution in [1.82, 2.24) is 20.7 Å². The number of alkyl carbamates (subject to hydrolysis) is 1. The molecule has 0 aromatic rings. The molecule has 0 unspecified atom stereocenters. The van der Waals surface area contributed by atoms with Crippen molar-refractivity contribution in [2.24, 2.45) is 0 Å². The van der Waals surface area contributed by atoms with Crippen LogP contribution in [0.1, 0.15) is 48.5 Å². The Labute approximate surface area is 170 Å². The largest absolute Gasteiger partial charge is 0.455 e. The van der Waals surface area contributed by atoms with E-state index >= 15 is 0 Å². The molecule has 0 aromatic heterocycles. The highest BCUT2D eigenvalue weighted by Crippen LogP contribution is 2.30. The van der Waals surface area contributed by atoms with Gasteiger partial charge in [0.05, 0.1) is 17.2 Å². The lowest BCUT2D eigenvalue weighted by Crippen LogP contribution is -2.45. The molecule has 28 heavy (non-hydrogen) atoms. The quantitative estimate of drug-likeness (QED) is 0.531. The Kier molecular flexibility index (Phi) is 6.05. The highest BCUT2D eigenvalue weighted by atomic mass is 32.1. The normalized spacial score (nSPS) is 20.2. The molecule has 0 saturated carbocycles. The SMILES string of the molecule is CC(=S)NC1=C(C(=O)OC(C)(C)C)N2C(=O)[C@@H](NC(=O)OC(C)(C)C)CN2C1. The van der Waals surface area contributed by atoms with Gasteiger partial charge in [-0.1, -0.05) is 12.2 Å². The molecular formula is C18H28N4O5S. The van der Waals surface area contributed by atoms with Gasteiger partial charge in [0.1, 0.15) is 17.2 Å². The van der Waals surface area contributed by atoms with Gasteiger partial charge >= 0.3 is 12.1 Å². The molecule has 2 N–H and O–H groups in total. The van der Waals surface area contributed by atoms with E-state index in [4.69, 9.17) is 21.7 Å². The number of hydrogen-bond acceptors (Lipinski definition) is 7. The van der Waals surface area contributed by atoms with E-state index in [2.05, 4.69) is 10.6 Å². The van der Waals surface area contributed by atoms with Crippen LogP contribution in [0.4, 0.5) is 4.79 Å². The van der Waals surface area contributed by atoms with Crippen molar-refractivity contribution in [3.8, 4) is 0 Å². The molecule has 0 aliphatic carbocycles. The van der Waals surface area contributed by atoms with Gasteiger partial charge in [0, 0.05) is 6.54 Å². The second kappa shape index (κ2) is 7.67. The third-order valence-corrected chi connectivity index (χ3v) is 3.73. The summed E-state index contributed by atoms with van der Waals surface area (Å²) in [4.78, 5) is 38.2. The standard InChI is InChI=1S/C18H28N4O5S/c1-10(28)19-11-8-21-9-12(20-16(25)27-18(5,6)7)14(23)22(21)13(11)15(24)26-17(2,3)4/h12H,8-9H2,1-7H3,(H,19,28)(H,20,25)/t12-/m0/s1. The fourth-order valence-corrected chi connectivity index (χ4v) is 2.96. The number of amides is 2. The van der Waals surface area contributed by atoms with Crippen LogP contribution in [0.25, 0.3) is 0 Å². The van der Waals surface area contributed by atoms with E-state index in [-0.39, 0.29) is 18.8 Å². The Balaban J connectivity index is 2.23. The summed E-state index contributed by atoms with van der Waals surface area (Å²) in [7, 11) is 0. The number of ether oxygens (including phenoxy) is 2. The Morgan fingerprint density at radius 2 is 1.68 bits per heavy atom. The summed E-state index contributed by atoms with van der Waals surface area (Å²) in [5, 5.41) is 8.42. The zero-order valence-corrected chi connectivity index (χ0v) is 18.2. The topological polar surface area (TPSA) is 100 Å². The second-order valence-corrected chi connectivity index (χ2v) is 9.32. The van der Waals surface area contributed by atoms with Crippen LogP contribution in [0.2, 0.25) is 0 Å². The van der Waals surface area contributed by atoms with Crippen LogP contribution in [-0.2, 0) is 19.1 Å². The van der Waals surface area contributed by atoms with Crippen molar-refractivity contribution >= 4 is 35.2 Å². The molecule has 1 saturated heterocycles. The molecule has 156 valence electrons. The van der Waals surface area contributed by atoms with Crippen LogP contribution >= 0.6 is 12.2 Å². The van der Waals surface area contributed by atoms with E-state index in [1.807, 2.05) is 0 Å². The van der Waals surface area contributed by atoms with Crippen LogP contribution in [0, 0.1) is 0 Å². The van der Waals surface area contributed by atoms with Crippen LogP contribution in [0.5, 0.6) is 0 Å². The molecular weight excluding hydrogens is 384 g/mol. The number of hydrogen-bond donors (Lipinski definition) is 2. The van der Waals surface area contributed by atoms with Gasteiger partial charge in [0.25, 0.3) is 5.91 Å². The number of nitrogens with one attached hydrogen (secondary N) is 2. The molecule has 1 fully saturated rings. The molecule has 0 bridgehead atoms. The fraction of sp³-hybridized carbons (Fsp3) is 0.667. The Hall–Kier alpha value is -2.20. The average molecular weight is 413 g/mol. The smallest absolute Gasteiger partial charge is 0.408 e. The monoisotopic (exact) mass is 412 g/mol. The zero-order valence-electron chi connectivity index (χ0n) is 17.3. The summed E-state index contributed by atoms with van der Waals surface area (Å²) < 4.78 is 10.7. The van der Waals surface area contributed by atoms with Crippen molar-refractivity contribution in [3.63, 3.8) is 0 Å². The molecule has 10 heteroatoms. The van der Waals surface area contributed by atoms with Crippen molar-refractivity contribution in [2.75, 3.05) is 13.1 Å². The van der Waals surface area contributed by atoms with Crippen LogP contribution in [0.3, 0.4) is 0 Å². The molecule has 2 rings (SSSR count). The van der Waals surface area contributed by atoms with E-state index in [1.54, 1.807) is 53.5 Å². The molecule has 1 atom stereocenters. The van der Waals surface area contributed by atoms with Crippen LogP contribution < -0.4 is 10.6 Å². The lowest BCUT2D eigenvalue weighted by atomic mass is 10.2. The van der Waals surface area contributed by atoms with Gasteiger partial charge in [0.2, 0.25) is 0 Å². The van der Waals surface area contributed by atoms with Gasteiger partial charge in [-0.3, -0.25) is 4.79 Å². The summed E-state index contributed by atoms with van der Waals surface area (Å²) in [6.45, 7) is 12.6. The highest BCUT2D eigenvalue weighted by Gasteiger charge is 2.49. The minimum atomic E-state index is -0.831. The van der Waals surface area contributed by atoms with E-state index in [0.29, 0.717) is 10.7 Å². The number of nitrogens with zero attached hydrogens (tertiary/aromatic N) is 2. The van der Waals surface area contributed by atoms with E-state index in [1.165, 1.54) is 5.01 Å². The summed E-state index contributed by atoms with van der Waals surface area (Å²) in [5.41, 5.74) is -0.840. The maximum absolute atomic E-state index is 12.9. The first-order chi connectivity index (χ1) is 12.7. The fourth-order valence-electron chi connectivity index (χ4n) is 2.83. The molecule has 2 aliphatic heterocycles. The number of fused-ring (bicyclic) bond motifs is 1. The highest BCUT2D eigenvalue weighted by molar-refractivity contribution is 7.80. The molecule has 2 aliphatic rings. The summed E-state index contributed by atoms with van der Waals surface area (Å²) in [6, 6.07) is -0.831. The third-order valence-electron chi connectivity index (χ3n) is 3.63. The summed E-state index contributed by atoms with van der Waals surface area (Å²) in [6.07, 6.45) is -0.691. The maximum Gasteiger partial charge on any atom is 0.408 e. The summed E-state index contributed by atoms with van der Waals surface area (Å²) in [5.74, 6) is -1.08. The minimum Gasteiger partial charge on any atom is -0.455 e. The Bertz CT molecular complexity index is 735. The van der Waals surface area contributed by atoms with E-state index in [9.17, 15) is 14.4 Å². The number of thiocarbonyl (C=S) groups is 1. The van der Waals surface area contributed by atoms with E-state index < -0.39 is 35.2 Å².